The Morgan fingerprint density at radius 3 is 1.41 bits per heavy atom. The largest absolute Gasteiger partial charge is 0.478 e. The molecule has 0 unspecified atom stereocenters. The first-order valence-electron chi connectivity index (χ1n) is 20.5. The van der Waals surface area contributed by atoms with Gasteiger partial charge >= 0.3 is 5.97 Å². The Kier molecular flexibility index (Phi) is 16.0. The molecule has 2 fully saturated rings. The quantitative estimate of drug-likeness (QED) is 0.0755. The van der Waals surface area contributed by atoms with Crippen LogP contribution in [0.2, 0.25) is 0 Å². The van der Waals surface area contributed by atoms with Gasteiger partial charge in [0.05, 0.1) is 5.56 Å². The highest BCUT2D eigenvalue weighted by Gasteiger charge is 2.38. The third-order valence-corrected chi connectivity index (χ3v) is 10.2. The molecule has 4 aromatic rings. The molecule has 0 saturated carbocycles. The van der Waals surface area contributed by atoms with Crippen molar-refractivity contribution < 1.29 is 24.2 Å². The molecule has 4 heterocycles. The maximum absolute atomic E-state index is 12.8. The lowest BCUT2D eigenvalue weighted by Crippen LogP contribution is -2.60. The number of benzene rings is 2. The van der Waals surface area contributed by atoms with Gasteiger partial charge in [-0.05, 0) is 122 Å². The Morgan fingerprint density at radius 1 is 0.644 bits per heavy atom. The van der Waals surface area contributed by atoms with Gasteiger partial charge < -0.3 is 41.6 Å². The molecule has 0 atom stereocenters. The summed E-state index contributed by atoms with van der Waals surface area (Å²) >= 11 is 0. The number of Topliss-reactive ketones (excluding diaryl/α,β-unsaturated/α-hetero) is 1. The van der Waals surface area contributed by atoms with Gasteiger partial charge in [-0.25, -0.2) is 4.79 Å². The summed E-state index contributed by atoms with van der Waals surface area (Å²) in [5.74, 6) is 2.30. The number of hydrogen-bond acceptors (Lipinski definition) is 11. The summed E-state index contributed by atoms with van der Waals surface area (Å²) < 4.78 is 11.3. The normalized spacial score (nSPS) is 17.8. The van der Waals surface area contributed by atoms with Crippen LogP contribution in [0.5, 0.6) is 11.8 Å². The number of carbonyl (C=O) groups excluding carboxylic acids is 1. The molecule has 6 rings (SSSR count). The van der Waals surface area contributed by atoms with Crippen molar-refractivity contribution in [3.8, 4) is 11.8 Å². The molecule has 0 spiro atoms. The molecule has 2 aromatic carbocycles. The summed E-state index contributed by atoms with van der Waals surface area (Å²) in [7, 11) is 3.62. The molecule has 2 aliphatic heterocycles. The molecular weight excluding hydrogens is 743 g/mol. The fourth-order valence-electron chi connectivity index (χ4n) is 8.57. The fraction of sp³-hybridized carbons (Fsp3) is 0.489. The zero-order chi connectivity index (χ0) is 43.4. The standard InChI is InChI=1S/C24H33N3O2.C14H14N2O3.C9H20N2/c1-23(2)14-18(15-24(3,4)27-23)13-20(28)19-11-9-17(10-12-19)16-29-22-8-6-7-21(25-5)26-22;1-15-12-3-2-4-13(16-12)19-9-10-5-7-11(8-6-10)14(17)18;1-8(2)5-7(10)6-9(3,4)11-8/h6-12,18,27H,13-16H2,1-5H3,(H,25,26);2-8H,9H2,1H3,(H,15,16)(H,17,18);7,11H,5-6,10H2,1-4H3. The number of aromatic carboxylic acids is 1. The highest BCUT2D eigenvalue weighted by atomic mass is 16.5. The Morgan fingerprint density at radius 2 is 1.03 bits per heavy atom. The van der Waals surface area contributed by atoms with E-state index in [9.17, 15) is 9.59 Å². The first-order chi connectivity index (χ1) is 27.6. The van der Waals surface area contributed by atoms with Crippen LogP contribution >= 0.6 is 0 Å². The van der Waals surface area contributed by atoms with Gasteiger partial charge in [-0.1, -0.05) is 48.5 Å². The molecule has 59 heavy (non-hydrogen) atoms. The number of piperidine rings is 2. The predicted molar refractivity (Wildman–Crippen MR) is 238 cm³/mol. The first-order valence-corrected chi connectivity index (χ1v) is 20.5. The smallest absolute Gasteiger partial charge is 0.335 e. The monoisotopic (exact) mass is 810 g/mol. The third-order valence-electron chi connectivity index (χ3n) is 10.2. The second-order valence-electron chi connectivity index (χ2n) is 18.4. The molecular formula is C47H67N7O5. The van der Waals surface area contributed by atoms with Gasteiger partial charge in [0.15, 0.2) is 5.78 Å². The number of nitrogens with zero attached hydrogens (tertiary/aromatic N) is 2. The highest BCUT2D eigenvalue weighted by molar-refractivity contribution is 5.96. The summed E-state index contributed by atoms with van der Waals surface area (Å²) in [5, 5.41) is 22.0. The van der Waals surface area contributed by atoms with Crippen molar-refractivity contribution in [1.29, 1.82) is 0 Å². The summed E-state index contributed by atoms with van der Waals surface area (Å²) in [4.78, 5) is 32.1. The first kappa shape index (κ1) is 46.6. The van der Waals surface area contributed by atoms with Crippen LogP contribution in [0, 0.1) is 5.92 Å². The minimum Gasteiger partial charge on any atom is -0.478 e. The van der Waals surface area contributed by atoms with Gasteiger partial charge in [0.25, 0.3) is 0 Å². The zero-order valence-corrected chi connectivity index (χ0v) is 36.7. The van der Waals surface area contributed by atoms with E-state index in [4.69, 9.17) is 20.3 Å². The van der Waals surface area contributed by atoms with Crippen molar-refractivity contribution in [2.45, 2.75) is 129 Å². The van der Waals surface area contributed by atoms with Gasteiger partial charge in [-0.2, -0.15) is 9.97 Å². The van der Waals surface area contributed by atoms with Crippen LogP contribution < -0.4 is 36.5 Å². The number of ether oxygens (including phenoxy) is 2. The molecule has 0 radical (unpaired) electrons. The van der Waals surface area contributed by atoms with Gasteiger partial charge in [0.2, 0.25) is 11.8 Å². The molecule has 2 aliphatic rings. The van der Waals surface area contributed by atoms with Gasteiger partial charge in [-0.3, -0.25) is 4.79 Å². The summed E-state index contributed by atoms with van der Waals surface area (Å²) in [5.41, 5.74) is 9.43. The van der Waals surface area contributed by atoms with Crippen LogP contribution in [-0.4, -0.2) is 69.1 Å². The Balaban J connectivity index is 0.000000219. The number of ketones is 1. The van der Waals surface area contributed by atoms with Crippen molar-refractivity contribution in [3.63, 3.8) is 0 Å². The van der Waals surface area contributed by atoms with Crippen LogP contribution in [0.3, 0.4) is 0 Å². The lowest BCUT2D eigenvalue weighted by atomic mass is 9.74. The Labute approximate surface area is 351 Å². The van der Waals surface area contributed by atoms with Crippen molar-refractivity contribution in [2.24, 2.45) is 11.7 Å². The van der Waals surface area contributed by atoms with Crippen LogP contribution in [0.1, 0.15) is 119 Å². The number of hydrogen-bond donors (Lipinski definition) is 6. The van der Waals surface area contributed by atoms with E-state index in [1.54, 1.807) is 37.4 Å². The van der Waals surface area contributed by atoms with Gasteiger partial charge in [0, 0.05) is 66.4 Å². The van der Waals surface area contributed by atoms with E-state index in [2.05, 4.69) is 86.6 Å². The van der Waals surface area contributed by atoms with Crippen LogP contribution in [0.15, 0.2) is 84.9 Å². The summed E-state index contributed by atoms with van der Waals surface area (Å²) in [6, 6.07) is 25.8. The average Bonchev–Trinajstić information content (AvgIpc) is 3.14. The van der Waals surface area contributed by atoms with Gasteiger partial charge in [-0.15, -0.1) is 0 Å². The van der Waals surface area contributed by atoms with Crippen molar-refractivity contribution in [3.05, 3.63) is 107 Å². The number of nitrogens with one attached hydrogen (secondary N) is 4. The topological polar surface area (TPSA) is 173 Å². The Hall–Kier alpha value is -5.04. The lowest BCUT2D eigenvalue weighted by Gasteiger charge is -2.46. The number of rotatable bonds is 12. The van der Waals surface area contributed by atoms with Crippen molar-refractivity contribution in [1.82, 2.24) is 20.6 Å². The van der Waals surface area contributed by atoms with Crippen molar-refractivity contribution >= 4 is 23.4 Å². The fourth-order valence-corrected chi connectivity index (χ4v) is 8.57. The number of aromatic nitrogens is 2. The highest BCUT2D eigenvalue weighted by Crippen LogP contribution is 2.35. The number of carboxylic acids is 1. The number of carbonyl (C=O) groups is 2. The molecule has 12 heteroatoms. The second-order valence-corrected chi connectivity index (χ2v) is 18.4. The molecule has 0 bridgehead atoms. The van der Waals surface area contributed by atoms with E-state index < -0.39 is 5.97 Å². The molecule has 2 aromatic heterocycles. The maximum atomic E-state index is 12.8. The van der Waals surface area contributed by atoms with Crippen LogP contribution in [0.4, 0.5) is 11.6 Å². The van der Waals surface area contributed by atoms with E-state index >= 15 is 0 Å². The van der Waals surface area contributed by atoms with Gasteiger partial charge in [0.1, 0.15) is 24.8 Å². The maximum Gasteiger partial charge on any atom is 0.335 e. The third kappa shape index (κ3) is 15.9. The molecule has 7 N–H and O–H groups in total. The SMILES string of the molecule is CC1(C)CC(N)CC(C)(C)N1.CNc1cccc(OCc2ccc(C(=O)CC3CC(C)(C)NC(C)(C)C3)cc2)n1.CNc1cccc(OCc2ccc(C(=O)O)cc2)n1. The lowest BCUT2D eigenvalue weighted by molar-refractivity contribution is 0.0696. The number of pyridine rings is 2. The van der Waals surface area contributed by atoms with E-state index in [0.717, 1.165) is 54.0 Å². The van der Waals surface area contributed by atoms with Crippen molar-refractivity contribution in [2.75, 3.05) is 24.7 Å². The second kappa shape index (κ2) is 20.3. The molecule has 0 amide bonds. The van der Waals surface area contributed by atoms with E-state index in [-0.39, 0.29) is 33.5 Å². The molecule has 320 valence electrons. The number of nitrogens with two attached hydrogens (primary N) is 1. The summed E-state index contributed by atoms with van der Waals surface area (Å²) in [6.45, 7) is 18.5. The molecule has 2 saturated heterocycles. The molecule has 0 aliphatic carbocycles. The average molecular weight is 810 g/mol. The predicted octanol–water partition coefficient (Wildman–Crippen LogP) is 8.49. The van der Waals surface area contributed by atoms with Crippen LogP contribution in [0.25, 0.3) is 0 Å². The van der Waals surface area contributed by atoms with E-state index in [1.165, 1.54) is 0 Å². The molecule has 12 nitrogen and oxygen atoms in total. The minimum atomic E-state index is -0.934. The van der Waals surface area contributed by atoms with E-state index in [1.807, 2.05) is 61.6 Å². The minimum absolute atomic E-state index is 0.0620. The number of carboxylic acid groups (broad SMARTS) is 1. The van der Waals surface area contributed by atoms with E-state index in [0.29, 0.717) is 43.4 Å². The number of anilines is 2. The summed E-state index contributed by atoms with van der Waals surface area (Å²) in [6.07, 6.45) is 4.80. The van der Waals surface area contributed by atoms with Crippen LogP contribution in [-0.2, 0) is 13.2 Å². The zero-order valence-electron chi connectivity index (χ0n) is 36.7. The Bertz CT molecular complexity index is 1930.